The molecule has 2 heterocycles. The minimum Gasteiger partial charge on any atom is -0.479 e. The fourth-order valence-electron chi connectivity index (χ4n) is 2.66. The van der Waals surface area contributed by atoms with Gasteiger partial charge in [0, 0.05) is 12.0 Å². The number of carboxylic acid groups (broad SMARTS) is 1. The minimum absolute atomic E-state index is 0.0627. The van der Waals surface area contributed by atoms with Crippen molar-refractivity contribution >= 4 is 5.97 Å². The maximum Gasteiger partial charge on any atom is 0.342 e. The lowest BCUT2D eigenvalue weighted by molar-refractivity contribution is -0.271. The number of aliphatic hydroxyl groups is 3. The molecule has 9 nitrogen and oxygen atoms in total. The van der Waals surface area contributed by atoms with Crippen LogP contribution in [-0.2, 0) is 16.0 Å². The molecule has 6 atom stereocenters. The molecule has 0 saturated carbocycles. The zero-order valence-corrected chi connectivity index (χ0v) is 14.8. The molecule has 0 amide bonds. The van der Waals surface area contributed by atoms with E-state index in [4.69, 9.17) is 19.0 Å². The first kappa shape index (κ1) is 20.4. The molecule has 0 spiro atoms. The monoisotopic (exact) mass is 372 g/mol. The van der Waals surface area contributed by atoms with E-state index in [0.29, 0.717) is 12.2 Å². The third-order valence-electron chi connectivity index (χ3n) is 4.54. The molecule has 1 aliphatic heterocycles. The van der Waals surface area contributed by atoms with E-state index in [1.807, 2.05) is 13.8 Å². The number of carboxylic acids is 1. The molecule has 1 aliphatic rings. The van der Waals surface area contributed by atoms with Gasteiger partial charge in [-0.05, 0) is 12.8 Å². The Hall–Kier alpha value is -1.94. The van der Waals surface area contributed by atoms with Crippen LogP contribution >= 0.6 is 0 Å². The second-order valence-corrected chi connectivity index (χ2v) is 6.29. The van der Waals surface area contributed by atoms with E-state index in [1.165, 1.54) is 6.07 Å². The van der Waals surface area contributed by atoms with Gasteiger partial charge in [0.1, 0.15) is 29.8 Å². The van der Waals surface area contributed by atoms with Gasteiger partial charge in [0.25, 0.3) is 0 Å². The van der Waals surface area contributed by atoms with Crippen molar-refractivity contribution < 1.29 is 39.1 Å². The maximum absolute atomic E-state index is 12.2. The number of ether oxygens (including phenoxy) is 2. The Balaban J connectivity index is 2.37. The van der Waals surface area contributed by atoms with E-state index in [0.717, 1.165) is 0 Å². The number of hydrogen-bond donors (Lipinski definition) is 4. The van der Waals surface area contributed by atoms with Crippen molar-refractivity contribution in [3.05, 3.63) is 27.8 Å². The highest BCUT2D eigenvalue weighted by atomic mass is 16.7. The molecule has 4 N–H and O–H groups in total. The minimum atomic E-state index is -1.82. The van der Waals surface area contributed by atoms with Gasteiger partial charge in [-0.2, -0.15) is 0 Å². The average molecular weight is 372 g/mol. The third kappa shape index (κ3) is 3.90. The van der Waals surface area contributed by atoms with Gasteiger partial charge in [-0.1, -0.05) is 20.8 Å². The summed E-state index contributed by atoms with van der Waals surface area (Å²) in [5.41, 5.74) is -0.402. The van der Waals surface area contributed by atoms with Crippen LogP contribution < -0.4 is 10.4 Å². The predicted molar refractivity (Wildman–Crippen MR) is 88.0 cm³/mol. The maximum atomic E-state index is 12.2. The Labute approximate surface area is 149 Å². The quantitative estimate of drug-likeness (QED) is 0.541. The van der Waals surface area contributed by atoms with E-state index >= 15 is 0 Å². The molecule has 146 valence electrons. The Morgan fingerprint density at radius 2 is 1.88 bits per heavy atom. The van der Waals surface area contributed by atoms with Crippen molar-refractivity contribution in [2.45, 2.75) is 70.2 Å². The molecule has 0 bridgehead atoms. The molecule has 0 unspecified atom stereocenters. The fourth-order valence-corrected chi connectivity index (χ4v) is 2.66. The average Bonchev–Trinajstić information content (AvgIpc) is 2.60. The molecule has 0 aromatic carbocycles. The van der Waals surface area contributed by atoms with Gasteiger partial charge in [-0.3, -0.25) is 0 Å². The summed E-state index contributed by atoms with van der Waals surface area (Å²) in [6.07, 6.45) is -7.68. The van der Waals surface area contributed by atoms with Crippen molar-refractivity contribution in [3.8, 4) is 5.75 Å². The number of rotatable bonds is 6. The van der Waals surface area contributed by atoms with E-state index in [9.17, 15) is 24.9 Å². The predicted octanol–water partition coefficient (Wildman–Crippen LogP) is -0.0133. The van der Waals surface area contributed by atoms with Gasteiger partial charge in [-0.15, -0.1) is 0 Å². The van der Waals surface area contributed by atoms with Crippen molar-refractivity contribution in [2.24, 2.45) is 0 Å². The topological polar surface area (TPSA) is 147 Å². The summed E-state index contributed by atoms with van der Waals surface area (Å²) in [6.45, 7) is 5.49. The molecule has 0 radical (unpaired) electrons. The van der Waals surface area contributed by atoms with Crippen LogP contribution in [0.4, 0.5) is 0 Å². The molecule has 2 rings (SSSR count). The first-order chi connectivity index (χ1) is 12.2. The molecular formula is C17H24O9. The SMILES string of the molecule is CCc1c(O[C@@H]2O[C@H](C(=O)O)[C@@H](O)[C@H](O)[C@H]2O)cc([C@@H](C)CC)oc1=O. The molecule has 0 aliphatic carbocycles. The van der Waals surface area contributed by atoms with Crippen LogP contribution in [0.1, 0.15) is 44.4 Å². The van der Waals surface area contributed by atoms with Gasteiger partial charge >= 0.3 is 11.6 Å². The highest BCUT2D eigenvalue weighted by Crippen LogP contribution is 2.29. The van der Waals surface area contributed by atoms with E-state index < -0.39 is 42.3 Å². The summed E-state index contributed by atoms with van der Waals surface area (Å²) in [5.74, 6) is -1.12. The Kier molecular flexibility index (Phi) is 6.40. The number of aliphatic carboxylic acids is 1. The van der Waals surface area contributed by atoms with E-state index in [-0.39, 0.29) is 23.7 Å². The molecule has 9 heteroatoms. The second kappa shape index (κ2) is 8.17. The molecule has 1 fully saturated rings. The van der Waals surface area contributed by atoms with Crippen LogP contribution in [0, 0.1) is 0 Å². The van der Waals surface area contributed by atoms with Crippen LogP contribution in [0.25, 0.3) is 0 Å². The van der Waals surface area contributed by atoms with E-state index in [1.54, 1.807) is 6.92 Å². The molecule has 26 heavy (non-hydrogen) atoms. The summed E-state index contributed by atoms with van der Waals surface area (Å²) in [6, 6.07) is 1.50. The normalized spacial score (nSPS) is 30.0. The summed E-state index contributed by atoms with van der Waals surface area (Å²) in [5, 5.41) is 38.8. The van der Waals surface area contributed by atoms with Crippen LogP contribution in [0.3, 0.4) is 0 Å². The number of hydrogen-bond acceptors (Lipinski definition) is 8. The summed E-state index contributed by atoms with van der Waals surface area (Å²) in [7, 11) is 0. The molecular weight excluding hydrogens is 348 g/mol. The lowest BCUT2D eigenvalue weighted by Gasteiger charge is -2.38. The second-order valence-electron chi connectivity index (χ2n) is 6.29. The number of carbonyl (C=O) groups is 1. The van der Waals surface area contributed by atoms with Gasteiger partial charge in [0.15, 0.2) is 6.10 Å². The van der Waals surface area contributed by atoms with Gasteiger partial charge in [0.05, 0.1) is 5.56 Å². The van der Waals surface area contributed by atoms with Crippen LogP contribution in [-0.4, -0.2) is 57.1 Å². The van der Waals surface area contributed by atoms with Crippen molar-refractivity contribution in [1.82, 2.24) is 0 Å². The Morgan fingerprint density at radius 3 is 2.42 bits per heavy atom. The fraction of sp³-hybridized carbons (Fsp3) is 0.647. The van der Waals surface area contributed by atoms with Crippen LogP contribution in [0.5, 0.6) is 5.75 Å². The first-order valence-corrected chi connectivity index (χ1v) is 8.47. The van der Waals surface area contributed by atoms with Gasteiger partial charge in [0.2, 0.25) is 6.29 Å². The summed E-state index contributed by atoms with van der Waals surface area (Å²) in [4.78, 5) is 23.4. The smallest absolute Gasteiger partial charge is 0.342 e. The van der Waals surface area contributed by atoms with E-state index in [2.05, 4.69) is 0 Å². The largest absolute Gasteiger partial charge is 0.479 e. The summed E-state index contributed by atoms with van der Waals surface area (Å²) >= 11 is 0. The van der Waals surface area contributed by atoms with Crippen LogP contribution in [0.15, 0.2) is 15.3 Å². The molecule has 1 aromatic rings. The highest BCUT2D eigenvalue weighted by molar-refractivity contribution is 5.73. The summed E-state index contributed by atoms with van der Waals surface area (Å²) < 4.78 is 15.9. The Bertz CT molecular complexity index is 698. The molecule has 1 saturated heterocycles. The van der Waals surface area contributed by atoms with Crippen molar-refractivity contribution in [3.63, 3.8) is 0 Å². The number of aliphatic hydroxyl groups excluding tert-OH is 3. The Morgan fingerprint density at radius 1 is 1.23 bits per heavy atom. The third-order valence-corrected chi connectivity index (χ3v) is 4.54. The lowest BCUT2D eigenvalue weighted by atomic mass is 9.99. The van der Waals surface area contributed by atoms with Crippen molar-refractivity contribution in [1.29, 1.82) is 0 Å². The van der Waals surface area contributed by atoms with Crippen LogP contribution in [0.2, 0.25) is 0 Å². The van der Waals surface area contributed by atoms with Gasteiger partial charge in [-0.25, -0.2) is 9.59 Å². The molecule has 1 aromatic heterocycles. The lowest BCUT2D eigenvalue weighted by Crippen LogP contribution is -2.61. The first-order valence-electron chi connectivity index (χ1n) is 8.47. The zero-order chi connectivity index (χ0) is 19.6. The van der Waals surface area contributed by atoms with Gasteiger partial charge < -0.3 is 34.3 Å². The highest BCUT2D eigenvalue weighted by Gasteiger charge is 2.48. The zero-order valence-electron chi connectivity index (χ0n) is 14.8. The standard InChI is InChI=1S/C17H24O9/c1-4-7(3)9-6-10(8(5-2)16(23)24-9)25-17-13(20)11(18)12(19)14(26-17)15(21)22/h6-7,11-14,17-20H,4-5H2,1-3H3,(H,21,22)/t7-,11-,12-,13+,14-,17+/m0/s1. The van der Waals surface area contributed by atoms with Crippen molar-refractivity contribution in [2.75, 3.05) is 0 Å².